The summed E-state index contributed by atoms with van der Waals surface area (Å²) in [5.74, 6) is 0.307. The zero-order valence-corrected chi connectivity index (χ0v) is 14.6. The highest BCUT2D eigenvalue weighted by Gasteiger charge is 2.43. The molecule has 1 aliphatic rings. The number of hydrazine groups is 1. The number of thiocarbonyl (C=S) groups is 1. The van der Waals surface area contributed by atoms with E-state index >= 15 is 0 Å². The smallest absolute Gasteiger partial charge is 0.242 e. The maximum absolute atomic E-state index is 12.2. The van der Waals surface area contributed by atoms with Gasteiger partial charge in [-0.15, -0.1) is 0 Å². The number of anilines is 1. The molecule has 0 aliphatic heterocycles. The van der Waals surface area contributed by atoms with Crippen molar-refractivity contribution in [1.82, 2.24) is 10.9 Å². The first-order valence-electron chi connectivity index (χ1n) is 8.03. The molecule has 3 rings (SSSR count). The van der Waals surface area contributed by atoms with Crippen LogP contribution in [0.5, 0.6) is 0 Å². The molecule has 1 saturated carbocycles. The fourth-order valence-electron chi connectivity index (χ4n) is 2.68. The number of carbonyl (C=O) groups excluding carboxylic acids is 1. The van der Waals surface area contributed by atoms with Gasteiger partial charge in [0, 0.05) is 11.6 Å². The van der Waals surface area contributed by atoms with E-state index in [0.29, 0.717) is 11.0 Å². The lowest BCUT2D eigenvalue weighted by Gasteiger charge is -2.11. The van der Waals surface area contributed by atoms with E-state index in [9.17, 15) is 4.79 Å². The molecule has 124 valence electrons. The minimum atomic E-state index is -0.0198. The van der Waals surface area contributed by atoms with Gasteiger partial charge in [0.1, 0.15) is 0 Å². The van der Waals surface area contributed by atoms with Gasteiger partial charge < -0.3 is 5.32 Å². The first-order chi connectivity index (χ1) is 11.5. The lowest BCUT2D eigenvalue weighted by atomic mass is 10.1. The van der Waals surface area contributed by atoms with Gasteiger partial charge in [0.05, 0.1) is 0 Å². The van der Waals surface area contributed by atoms with Crippen LogP contribution in [0.2, 0.25) is 0 Å². The van der Waals surface area contributed by atoms with Crippen LogP contribution in [0.4, 0.5) is 5.69 Å². The largest absolute Gasteiger partial charge is 0.331 e. The van der Waals surface area contributed by atoms with Crippen molar-refractivity contribution in [3.05, 3.63) is 65.2 Å². The molecule has 24 heavy (non-hydrogen) atoms. The molecule has 2 aromatic carbocycles. The third kappa shape index (κ3) is 4.11. The van der Waals surface area contributed by atoms with Crippen LogP contribution in [-0.2, 0) is 4.79 Å². The molecule has 1 amide bonds. The molecule has 1 fully saturated rings. The summed E-state index contributed by atoms with van der Waals surface area (Å²) >= 11 is 5.19. The molecule has 0 bridgehead atoms. The zero-order chi connectivity index (χ0) is 17.1. The van der Waals surface area contributed by atoms with E-state index in [1.54, 1.807) is 0 Å². The normalized spacial score (nSPS) is 18.6. The summed E-state index contributed by atoms with van der Waals surface area (Å²) in [6.07, 6.45) is 0.884. The first kappa shape index (κ1) is 16.5. The second-order valence-corrected chi connectivity index (χ2v) is 6.70. The molecule has 0 saturated heterocycles. The Balaban J connectivity index is 1.45. The van der Waals surface area contributed by atoms with Gasteiger partial charge in [-0.2, -0.15) is 0 Å². The summed E-state index contributed by atoms with van der Waals surface area (Å²) in [6.45, 7) is 4.09. The molecule has 0 radical (unpaired) electrons. The van der Waals surface area contributed by atoms with E-state index < -0.39 is 0 Å². The van der Waals surface area contributed by atoms with Gasteiger partial charge in [-0.25, -0.2) is 0 Å². The van der Waals surface area contributed by atoms with Crippen LogP contribution in [0, 0.1) is 19.8 Å². The number of benzene rings is 2. The molecule has 0 unspecified atom stereocenters. The van der Waals surface area contributed by atoms with E-state index in [1.807, 2.05) is 31.2 Å². The minimum absolute atomic E-state index is 0.0161. The Morgan fingerprint density at radius 2 is 1.54 bits per heavy atom. The molecular weight excluding hydrogens is 318 g/mol. The number of aryl methyl sites for hydroxylation is 2. The molecule has 0 spiro atoms. The number of rotatable bonds is 3. The third-order valence-electron chi connectivity index (χ3n) is 4.24. The summed E-state index contributed by atoms with van der Waals surface area (Å²) in [7, 11) is 0. The number of carbonyl (C=O) groups is 1. The maximum atomic E-state index is 12.2. The molecular formula is C19H21N3OS. The van der Waals surface area contributed by atoms with Crippen molar-refractivity contribution >= 4 is 28.9 Å². The van der Waals surface area contributed by atoms with Gasteiger partial charge in [0.25, 0.3) is 0 Å². The molecule has 3 N–H and O–H groups in total. The van der Waals surface area contributed by atoms with Crippen LogP contribution in [0.1, 0.15) is 29.0 Å². The molecule has 5 heteroatoms. The van der Waals surface area contributed by atoms with Crippen molar-refractivity contribution in [2.45, 2.75) is 26.2 Å². The predicted molar refractivity (Wildman–Crippen MR) is 101 cm³/mol. The molecule has 4 nitrogen and oxygen atoms in total. The van der Waals surface area contributed by atoms with Crippen LogP contribution in [0.25, 0.3) is 0 Å². The van der Waals surface area contributed by atoms with Crippen LogP contribution >= 0.6 is 12.2 Å². The Morgan fingerprint density at radius 1 is 0.958 bits per heavy atom. The molecule has 0 aromatic heterocycles. The average molecular weight is 339 g/mol. The predicted octanol–water partition coefficient (Wildman–Crippen LogP) is 3.42. The quantitative estimate of drug-likeness (QED) is 0.592. The Labute approximate surface area is 147 Å². The number of hydrogen-bond donors (Lipinski definition) is 3. The van der Waals surface area contributed by atoms with E-state index in [2.05, 4.69) is 47.4 Å². The highest BCUT2D eigenvalue weighted by molar-refractivity contribution is 7.80. The van der Waals surface area contributed by atoms with Gasteiger partial charge in [-0.05, 0) is 56.1 Å². The van der Waals surface area contributed by atoms with Gasteiger partial charge in [-0.3, -0.25) is 15.6 Å². The molecule has 2 atom stereocenters. The zero-order valence-electron chi connectivity index (χ0n) is 13.8. The lowest BCUT2D eigenvalue weighted by molar-refractivity contribution is -0.122. The van der Waals surface area contributed by atoms with Gasteiger partial charge in [0.2, 0.25) is 5.91 Å². The Kier molecular flexibility index (Phi) is 4.81. The van der Waals surface area contributed by atoms with Crippen LogP contribution in [-0.4, -0.2) is 11.0 Å². The second kappa shape index (κ2) is 7.01. The van der Waals surface area contributed by atoms with Gasteiger partial charge in [-0.1, -0.05) is 47.5 Å². The summed E-state index contributed by atoms with van der Waals surface area (Å²) in [6, 6.07) is 16.3. The van der Waals surface area contributed by atoms with Crippen molar-refractivity contribution in [2.24, 2.45) is 5.92 Å². The summed E-state index contributed by atoms with van der Waals surface area (Å²) in [4.78, 5) is 12.2. The SMILES string of the molecule is Cc1ccc(NC(=S)NNC(=O)[C@H]2C[C@H]2c2ccc(C)cc2)cc1. The number of hydrogen-bond acceptors (Lipinski definition) is 2. The summed E-state index contributed by atoms with van der Waals surface area (Å²) < 4.78 is 0. The Hall–Kier alpha value is -2.40. The van der Waals surface area contributed by atoms with E-state index in [0.717, 1.165) is 12.1 Å². The maximum Gasteiger partial charge on any atom is 0.242 e. The van der Waals surface area contributed by atoms with E-state index in [1.165, 1.54) is 16.7 Å². The number of nitrogens with one attached hydrogen (secondary N) is 3. The van der Waals surface area contributed by atoms with Crippen LogP contribution in [0.15, 0.2) is 48.5 Å². The summed E-state index contributed by atoms with van der Waals surface area (Å²) in [5.41, 5.74) is 9.99. The number of amides is 1. The highest BCUT2D eigenvalue weighted by atomic mass is 32.1. The third-order valence-corrected chi connectivity index (χ3v) is 4.45. The standard InChI is InChI=1S/C19H21N3OS/c1-12-3-7-14(8-4-12)16-11-17(16)18(23)21-22-19(24)20-15-9-5-13(2)6-10-15/h3-10,16-17H,11H2,1-2H3,(H,21,23)(H2,20,22,24)/t16-,17-/m0/s1. The van der Waals surface area contributed by atoms with Crippen molar-refractivity contribution in [2.75, 3.05) is 5.32 Å². The van der Waals surface area contributed by atoms with Crippen LogP contribution < -0.4 is 16.2 Å². The average Bonchev–Trinajstić information content (AvgIpc) is 3.36. The topological polar surface area (TPSA) is 53.2 Å². The second-order valence-electron chi connectivity index (χ2n) is 6.29. The molecule has 0 heterocycles. The van der Waals surface area contributed by atoms with E-state index in [4.69, 9.17) is 12.2 Å². The van der Waals surface area contributed by atoms with Crippen molar-refractivity contribution in [1.29, 1.82) is 0 Å². The van der Waals surface area contributed by atoms with Crippen LogP contribution in [0.3, 0.4) is 0 Å². The minimum Gasteiger partial charge on any atom is -0.331 e. The van der Waals surface area contributed by atoms with E-state index in [-0.39, 0.29) is 11.8 Å². The molecule has 2 aromatic rings. The van der Waals surface area contributed by atoms with Crippen molar-refractivity contribution in [3.63, 3.8) is 0 Å². The van der Waals surface area contributed by atoms with Crippen molar-refractivity contribution in [3.8, 4) is 0 Å². The van der Waals surface area contributed by atoms with Gasteiger partial charge in [0.15, 0.2) is 5.11 Å². The Bertz CT molecular complexity index is 740. The molecule has 1 aliphatic carbocycles. The fourth-order valence-corrected chi connectivity index (χ4v) is 2.85. The lowest BCUT2D eigenvalue weighted by Crippen LogP contribution is -2.44. The Morgan fingerprint density at radius 3 is 2.17 bits per heavy atom. The van der Waals surface area contributed by atoms with Gasteiger partial charge >= 0.3 is 0 Å². The first-order valence-corrected chi connectivity index (χ1v) is 8.44. The fraction of sp³-hybridized carbons (Fsp3) is 0.263. The highest BCUT2D eigenvalue weighted by Crippen LogP contribution is 2.47. The monoisotopic (exact) mass is 339 g/mol. The summed E-state index contributed by atoms with van der Waals surface area (Å²) in [5, 5.41) is 3.41. The van der Waals surface area contributed by atoms with Crippen molar-refractivity contribution < 1.29 is 4.79 Å².